The molecule has 1 saturated heterocycles. The van der Waals surface area contributed by atoms with Crippen LogP contribution in [0.5, 0.6) is 0 Å². The molecule has 0 radical (unpaired) electrons. The second-order valence-corrected chi connectivity index (χ2v) is 7.07. The summed E-state index contributed by atoms with van der Waals surface area (Å²) in [7, 11) is -3.31. The van der Waals surface area contributed by atoms with Gasteiger partial charge in [0.25, 0.3) is 0 Å². The van der Waals surface area contributed by atoms with Gasteiger partial charge in [-0.1, -0.05) is 18.2 Å². The van der Waals surface area contributed by atoms with Crippen LogP contribution in [0.1, 0.15) is 6.92 Å². The van der Waals surface area contributed by atoms with Gasteiger partial charge in [-0.05, 0) is 19.1 Å². The van der Waals surface area contributed by atoms with Crippen molar-refractivity contribution in [3.05, 3.63) is 30.3 Å². The number of benzene rings is 1. The van der Waals surface area contributed by atoms with E-state index in [2.05, 4.69) is 10.2 Å². The third-order valence-corrected chi connectivity index (χ3v) is 5.40. The summed E-state index contributed by atoms with van der Waals surface area (Å²) >= 11 is 0. The van der Waals surface area contributed by atoms with Crippen molar-refractivity contribution in [3.8, 4) is 0 Å². The highest BCUT2D eigenvalue weighted by Crippen LogP contribution is 2.28. The van der Waals surface area contributed by atoms with Crippen LogP contribution in [0.15, 0.2) is 30.3 Å². The fourth-order valence-electron chi connectivity index (χ4n) is 2.65. The lowest BCUT2D eigenvalue weighted by Gasteiger charge is -2.30. The lowest BCUT2D eigenvalue weighted by molar-refractivity contribution is 0.573. The van der Waals surface area contributed by atoms with Crippen LogP contribution in [0.3, 0.4) is 0 Å². The smallest absolute Gasteiger partial charge is 0.240 e. The number of piperazine rings is 1. The summed E-state index contributed by atoms with van der Waals surface area (Å²) in [6.07, 6.45) is 0. The Balaban J connectivity index is 2.22. The van der Waals surface area contributed by atoms with Gasteiger partial charge in [0.05, 0.1) is 11.3 Å². The molecular weight excluding hydrogens is 274 g/mol. The first-order valence-corrected chi connectivity index (χ1v) is 8.54. The standard InChI is InChI=1S/C14H19N3O2S/c1-2-20(18,19)17-13-6-4-3-5-12(13)11-14(17)16-9-7-15-8-10-16/h3-6,11,15H,2,7-10H2,1H3. The minimum absolute atomic E-state index is 0.102. The van der Waals surface area contributed by atoms with Crippen LogP contribution in [-0.2, 0) is 10.0 Å². The molecule has 1 aromatic heterocycles. The SMILES string of the molecule is CCS(=O)(=O)n1c(N2CCNCC2)cc2ccccc21. The van der Waals surface area contributed by atoms with Gasteiger partial charge in [0.1, 0.15) is 5.82 Å². The molecule has 2 heterocycles. The Morgan fingerprint density at radius 2 is 1.90 bits per heavy atom. The molecule has 0 unspecified atom stereocenters. The van der Waals surface area contributed by atoms with E-state index < -0.39 is 10.0 Å². The molecule has 20 heavy (non-hydrogen) atoms. The molecule has 108 valence electrons. The molecule has 3 rings (SSSR count). The number of aromatic nitrogens is 1. The van der Waals surface area contributed by atoms with Crippen molar-refractivity contribution in [2.45, 2.75) is 6.92 Å². The van der Waals surface area contributed by atoms with Crippen molar-refractivity contribution < 1.29 is 8.42 Å². The molecule has 2 aromatic rings. The van der Waals surface area contributed by atoms with E-state index in [-0.39, 0.29) is 5.75 Å². The average Bonchev–Trinajstić information content (AvgIpc) is 2.88. The van der Waals surface area contributed by atoms with Crippen molar-refractivity contribution in [2.75, 3.05) is 36.8 Å². The van der Waals surface area contributed by atoms with Gasteiger partial charge in [0.2, 0.25) is 10.0 Å². The van der Waals surface area contributed by atoms with Gasteiger partial charge < -0.3 is 10.2 Å². The molecule has 1 N–H and O–H groups in total. The first-order valence-electron chi connectivity index (χ1n) is 6.93. The second kappa shape index (κ2) is 5.10. The minimum Gasteiger partial charge on any atom is -0.355 e. The summed E-state index contributed by atoms with van der Waals surface area (Å²) in [6, 6.07) is 9.63. The molecule has 0 atom stereocenters. The van der Waals surface area contributed by atoms with Crippen LogP contribution in [-0.4, -0.2) is 44.3 Å². The Morgan fingerprint density at radius 1 is 1.20 bits per heavy atom. The molecule has 0 saturated carbocycles. The van der Waals surface area contributed by atoms with Gasteiger partial charge in [0, 0.05) is 31.6 Å². The van der Waals surface area contributed by atoms with E-state index in [1.54, 1.807) is 6.92 Å². The highest BCUT2D eigenvalue weighted by atomic mass is 32.2. The lowest BCUT2D eigenvalue weighted by Crippen LogP contribution is -2.44. The quantitative estimate of drug-likeness (QED) is 0.925. The van der Waals surface area contributed by atoms with Crippen molar-refractivity contribution in [1.82, 2.24) is 9.29 Å². The highest BCUT2D eigenvalue weighted by molar-refractivity contribution is 7.90. The number of fused-ring (bicyclic) bond motifs is 1. The van der Waals surface area contributed by atoms with Crippen molar-refractivity contribution >= 4 is 26.7 Å². The van der Waals surface area contributed by atoms with Crippen LogP contribution in [0, 0.1) is 0 Å². The zero-order valence-corrected chi connectivity index (χ0v) is 12.4. The van der Waals surface area contributed by atoms with Crippen LogP contribution in [0.4, 0.5) is 5.82 Å². The highest BCUT2D eigenvalue weighted by Gasteiger charge is 2.23. The van der Waals surface area contributed by atoms with Crippen LogP contribution in [0.25, 0.3) is 10.9 Å². The number of hydrogen-bond donors (Lipinski definition) is 1. The van der Waals surface area contributed by atoms with Crippen molar-refractivity contribution in [3.63, 3.8) is 0 Å². The molecular formula is C14H19N3O2S. The van der Waals surface area contributed by atoms with E-state index in [1.165, 1.54) is 3.97 Å². The number of rotatable bonds is 3. The van der Waals surface area contributed by atoms with Crippen LogP contribution >= 0.6 is 0 Å². The summed E-state index contributed by atoms with van der Waals surface area (Å²) in [4.78, 5) is 2.14. The first-order chi connectivity index (χ1) is 9.63. The maximum absolute atomic E-state index is 12.5. The van der Waals surface area contributed by atoms with Gasteiger partial charge in [0.15, 0.2) is 0 Å². The van der Waals surface area contributed by atoms with Crippen molar-refractivity contribution in [1.29, 1.82) is 0 Å². The summed E-state index contributed by atoms with van der Waals surface area (Å²) in [5.74, 6) is 0.889. The summed E-state index contributed by atoms with van der Waals surface area (Å²) in [5.41, 5.74) is 0.767. The number of hydrogen-bond acceptors (Lipinski definition) is 4. The Kier molecular flexibility index (Phi) is 3.43. The number of anilines is 1. The van der Waals surface area contributed by atoms with E-state index >= 15 is 0 Å². The maximum atomic E-state index is 12.5. The van der Waals surface area contributed by atoms with Gasteiger partial charge in [-0.25, -0.2) is 12.4 Å². The molecule has 1 aliphatic rings. The molecule has 0 aliphatic carbocycles. The molecule has 5 nitrogen and oxygen atoms in total. The normalized spacial score (nSPS) is 16.8. The minimum atomic E-state index is -3.31. The summed E-state index contributed by atoms with van der Waals surface area (Å²) < 4.78 is 26.4. The van der Waals surface area contributed by atoms with Gasteiger partial charge in [-0.2, -0.15) is 0 Å². The zero-order valence-electron chi connectivity index (χ0n) is 11.5. The van der Waals surface area contributed by atoms with Gasteiger partial charge >= 0.3 is 0 Å². The number of para-hydroxylation sites is 1. The Hall–Kier alpha value is -1.53. The largest absolute Gasteiger partial charge is 0.355 e. The zero-order chi connectivity index (χ0) is 14.2. The summed E-state index contributed by atoms with van der Waals surface area (Å²) in [5, 5.41) is 4.26. The topological polar surface area (TPSA) is 54.3 Å². The van der Waals surface area contributed by atoms with E-state index in [0.29, 0.717) is 0 Å². The first kappa shape index (κ1) is 13.5. The molecule has 0 bridgehead atoms. The van der Waals surface area contributed by atoms with Crippen LogP contribution < -0.4 is 10.2 Å². The fourth-order valence-corrected chi connectivity index (χ4v) is 3.83. The van der Waals surface area contributed by atoms with E-state index in [9.17, 15) is 8.42 Å². The second-order valence-electron chi connectivity index (χ2n) is 4.96. The monoisotopic (exact) mass is 293 g/mol. The third-order valence-electron chi connectivity index (χ3n) is 3.73. The molecule has 6 heteroatoms. The van der Waals surface area contributed by atoms with Gasteiger partial charge in [-0.15, -0.1) is 0 Å². The van der Waals surface area contributed by atoms with E-state index in [4.69, 9.17) is 0 Å². The molecule has 1 aliphatic heterocycles. The molecule has 1 fully saturated rings. The van der Waals surface area contributed by atoms with Crippen LogP contribution in [0.2, 0.25) is 0 Å². The molecule has 0 spiro atoms. The lowest BCUT2D eigenvalue weighted by atomic mass is 10.2. The summed E-state index contributed by atoms with van der Waals surface area (Å²) in [6.45, 7) is 5.11. The Morgan fingerprint density at radius 3 is 2.60 bits per heavy atom. The third kappa shape index (κ3) is 2.19. The fraction of sp³-hybridized carbons (Fsp3) is 0.429. The van der Waals surface area contributed by atoms with Crippen molar-refractivity contribution in [2.24, 2.45) is 0 Å². The maximum Gasteiger partial charge on any atom is 0.240 e. The Labute approximate surface area is 119 Å². The number of nitrogens with one attached hydrogen (secondary N) is 1. The molecule has 1 aromatic carbocycles. The average molecular weight is 293 g/mol. The van der Waals surface area contributed by atoms with Gasteiger partial charge in [-0.3, -0.25) is 0 Å². The Bertz CT molecular complexity index is 715. The number of nitrogens with zero attached hydrogens (tertiary/aromatic N) is 2. The predicted octanol–water partition coefficient (Wildman–Crippen LogP) is 1.25. The predicted molar refractivity (Wildman–Crippen MR) is 81.9 cm³/mol. The van der Waals surface area contributed by atoms with E-state index in [0.717, 1.165) is 42.9 Å². The van der Waals surface area contributed by atoms with E-state index in [1.807, 2.05) is 30.3 Å². The molecule has 0 amide bonds.